The summed E-state index contributed by atoms with van der Waals surface area (Å²) in [6.07, 6.45) is 0. The lowest BCUT2D eigenvalue weighted by molar-refractivity contribution is -0.130. The third kappa shape index (κ3) is 4.16. The number of hydrogen-bond donors (Lipinski definition) is 2. The Labute approximate surface area is 124 Å². The van der Waals surface area contributed by atoms with E-state index in [-0.39, 0.29) is 17.3 Å². The number of piperazine rings is 1. The number of likely N-dealkylation sites (N-methyl/N-ethyl adjacent to an activating group) is 1. The number of rotatable bonds is 4. The third-order valence-corrected chi connectivity index (χ3v) is 4.38. The van der Waals surface area contributed by atoms with Crippen LogP contribution in [-0.2, 0) is 14.8 Å². The Morgan fingerprint density at radius 3 is 2.38 bits per heavy atom. The van der Waals surface area contributed by atoms with Crippen LogP contribution in [0.3, 0.4) is 0 Å². The summed E-state index contributed by atoms with van der Waals surface area (Å²) in [5, 5.41) is 8.25. The van der Waals surface area contributed by atoms with E-state index in [1.165, 1.54) is 12.1 Å². The minimum absolute atomic E-state index is 0.0630. The quantitative estimate of drug-likeness (QED) is 0.759. The summed E-state index contributed by atoms with van der Waals surface area (Å²) in [6, 6.07) is 6.17. The molecule has 2 rings (SSSR count). The smallest absolute Gasteiger partial charge is 0.242 e. The van der Waals surface area contributed by atoms with Gasteiger partial charge in [0.25, 0.3) is 0 Å². The summed E-state index contributed by atoms with van der Waals surface area (Å²) in [7, 11) is -1.89. The zero-order valence-electron chi connectivity index (χ0n) is 11.9. The van der Waals surface area contributed by atoms with Gasteiger partial charge < -0.3 is 15.1 Å². The van der Waals surface area contributed by atoms with Crippen LogP contribution in [-0.4, -0.2) is 59.0 Å². The molecule has 0 atom stereocenters. The van der Waals surface area contributed by atoms with Gasteiger partial charge in [-0.3, -0.25) is 4.79 Å². The van der Waals surface area contributed by atoms with Crippen molar-refractivity contribution in [1.82, 2.24) is 10.2 Å². The fraction of sp³-hybridized carbons (Fsp3) is 0.462. The van der Waals surface area contributed by atoms with Gasteiger partial charge in [0.1, 0.15) is 0 Å². The number of hydrogen-bond acceptors (Lipinski definition) is 5. The molecule has 8 heteroatoms. The lowest BCUT2D eigenvalue weighted by Gasteiger charge is -2.29. The number of sulfonamides is 1. The Morgan fingerprint density at radius 2 is 1.86 bits per heavy atom. The Hall–Kier alpha value is -1.64. The van der Waals surface area contributed by atoms with Crippen molar-refractivity contribution in [2.24, 2.45) is 5.14 Å². The highest BCUT2D eigenvalue weighted by molar-refractivity contribution is 7.89. The molecule has 1 aliphatic heterocycles. The molecule has 0 bridgehead atoms. The van der Waals surface area contributed by atoms with E-state index < -0.39 is 10.0 Å². The first-order valence-corrected chi connectivity index (χ1v) is 8.25. The predicted molar refractivity (Wildman–Crippen MR) is 80.5 cm³/mol. The van der Waals surface area contributed by atoms with E-state index in [0.29, 0.717) is 0 Å². The molecule has 1 aliphatic rings. The molecule has 0 unspecified atom stereocenters. The van der Waals surface area contributed by atoms with Gasteiger partial charge in [-0.15, -0.1) is 0 Å². The van der Waals surface area contributed by atoms with Crippen LogP contribution in [0.2, 0.25) is 0 Å². The van der Waals surface area contributed by atoms with Gasteiger partial charge in [-0.1, -0.05) is 0 Å². The summed E-state index contributed by atoms with van der Waals surface area (Å²) in [5.74, 6) is 0.0644. The van der Waals surface area contributed by atoms with Crippen molar-refractivity contribution in [2.45, 2.75) is 4.90 Å². The number of carbonyl (C=O) groups is 1. The minimum atomic E-state index is -3.69. The number of carbonyl (C=O) groups excluding carboxylic acids is 1. The Bertz CT molecular complexity index is 594. The molecular weight excluding hydrogens is 292 g/mol. The van der Waals surface area contributed by atoms with Gasteiger partial charge in [0.05, 0.1) is 11.4 Å². The largest absolute Gasteiger partial charge is 0.365 e. The fourth-order valence-corrected chi connectivity index (χ4v) is 2.71. The number of benzene rings is 1. The minimum Gasteiger partial charge on any atom is -0.365 e. The predicted octanol–water partition coefficient (Wildman–Crippen LogP) is -0.798. The molecule has 1 aromatic carbocycles. The van der Waals surface area contributed by atoms with E-state index >= 15 is 0 Å². The van der Waals surface area contributed by atoms with Crippen molar-refractivity contribution in [3.8, 4) is 0 Å². The maximum absolute atomic E-state index is 12.1. The highest BCUT2D eigenvalue weighted by Crippen LogP contribution is 2.16. The van der Waals surface area contributed by atoms with Crippen molar-refractivity contribution in [2.75, 3.05) is 44.7 Å². The van der Waals surface area contributed by atoms with E-state index in [0.717, 1.165) is 31.9 Å². The molecule has 1 aromatic rings. The molecule has 1 saturated heterocycles. The van der Waals surface area contributed by atoms with Crippen molar-refractivity contribution in [1.29, 1.82) is 0 Å². The monoisotopic (exact) mass is 312 g/mol. The molecule has 1 fully saturated rings. The normalized spacial score (nSPS) is 15.8. The van der Waals surface area contributed by atoms with Gasteiger partial charge >= 0.3 is 0 Å². The van der Waals surface area contributed by atoms with Gasteiger partial charge in [0.2, 0.25) is 15.9 Å². The zero-order chi connectivity index (χ0) is 15.5. The summed E-state index contributed by atoms with van der Waals surface area (Å²) in [6.45, 7) is 3.33. The van der Waals surface area contributed by atoms with Crippen molar-refractivity contribution in [3.05, 3.63) is 24.3 Å². The van der Waals surface area contributed by atoms with Crippen LogP contribution >= 0.6 is 0 Å². The first kappa shape index (κ1) is 15.7. The lowest BCUT2D eigenvalue weighted by atomic mass is 10.3. The van der Waals surface area contributed by atoms with Crippen LogP contribution < -0.4 is 15.4 Å². The summed E-state index contributed by atoms with van der Waals surface area (Å²) in [4.78, 5) is 15.8. The molecule has 1 heterocycles. The molecular formula is C13H20N4O3S. The topological polar surface area (TPSA) is 95.7 Å². The molecule has 0 radical (unpaired) electrons. The van der Waals surface area contributed by atoms with Crippen LogP contribution in [0.4, 0.5) is 5.69 Å². The maximum atomic E-state index is 12.1. The summed E-state index contributed by atoms with van der Waals surface area (Å²) < 4.78 is 22.4. The molecule has 7 nitrogen and oxygen atoms in total. The van der Waals surface area contributed by atoms with E-state index in [1.807, 2.05) is 4.90 Å². The number of primary sulfonamides is 1. The van der Waals surface area contributed by atoms with Crippen molar-refractivity contribution >= 4 is 21.6 Å². The van der Waals surface area contributed by atoms with Gasteiger partial charge in [0, 0.05) is 38.9 Å². The average Bonchev–Trinajstić information content (AvgIpc) is 2.47. The molecule has 0 aliphatic carbocycles. The average molecular weight is 312 g/mol. The van der Waals surface area contributed by atoms with Crippen LogP contribution in [0.5, 0.6) is 0 Å². The molecule has 0 aromatic heterocycles. The van der Waals surface area contributed by atoms with Gasteiger partial charge in [0.15, 0.2) is 0 Å². The first-order chi connectivity index (χ1) is 9.88. The number of nitrogens with one attached hydrogen (secondary N) is 1. The first-order valence-electron chi connectivity index (χ1n) is 6.70. The van der Waals surface area contributed by atoms with Gasteiger partial charge in [-0.2, -0.15) is 0 Å². The molecule has 116 valence electrons. The molecule has 0 saturated carbocycles. The summed E-state index contributed by atoms with van der Waals surface area (Å²) >= 11 is 0. The van der Waals surface area contributed by atoms with Gasteiger partial charge in [-0.25, -0.2) is 13.6 Å². The van der Waals surface area contributed by atoms with Gasteiger partial charge in [-0.05, 0) is 24.3 Å². The third-order valence-electron chi connectivity index (χ3n) is 3.45. The Balaban J connectivity index is 1.99. The maximum Gasteiger partial charge on any atom is 0.242 e. The van der Waals surface area contributed by atoms with E-state index in [1.54, 1.807) is 24.1 Å². The second-order valence-electron chi connectivity index (χ2n) is 5.03. The number of anilines is 1. The van der Waals surface area contributed by atoms with Crippen LogP contribution in [0.25, 0.3) is 0 Å². The van der Waals surface area contributed by atoms with Crippen molar-refractivity contribution < 1.29 is 13.2 Å². The molecule has 0 spiro atoms. The lowest BCUT2D eigenvalue weighted by Crippen LogP contribution is -2.49. The highest BCUT2D eigenvalue weighted by Gasteiger charge is 2.18. The van der Waals surface area contributed by atoms with Crippen molar-refractivity contribution in [3.63, 3.8) is 0 Å². The van der Waals surface area contributed by atoms with Crippen LogP contribution in [0.1, 0.15) is 0 Å². The van der Waals surface area contributed by atoms with E-state index in [4.69, 9.17) is 5.14 Å². The summed E-state index contributed by atoms with van der Waals surface area (Å²) in [5.41, 5.74) is 0.769. The second kappa shape index (κ2) is 6.42. The van der Waals surface area contributed by atoms with Crippen LogP contribution in [0, 0.1) is 0 Å². The number of nitrogens with two attached hydrogens (primary N) is 1. The number of nitrogens with zero attached hydrogens (tertiary/aromatic N) is 2. The fourth-order valence-electron chi connectivity index (χ4n) is 2.20. The molecule has 3 N–H and O–H groups in total. The molecule has 1 amide bonds. The number of amides is 1. The SMILES string of the molecule is CN(CC(=O)N1CCNCC1)c1ccc(S(N)(=O)=O)cc1. The molecule has 21 heavy (non-hydrogen) atoms. The van der Waals surface area contributed by atoms with E-state index in [2.05, 4.69) is 5.32 Å². The second-order valence-corrected chi connectivity index (χ2v) is 6.59. The Kier molecular flexibility index (Phi) is 4.81. The highest BCUT2D eigenvalue weighted by atomic mass is 32.2. The van der Waals surface area contributed by atoms with E-state index in [9.17, 15) is 13.2 Å². The standard InChI is InChI=1S/C13H20N4O3S/c1-16(10-13(18)17-8-6-15-7-9-17)11-2-4-12(5-3-11)21(14,19)20/h2-5,15H,6-10H2,1H3,(H2,14,19,20). The van der Waals surface area contributed by atoms with Crippen LogP contribution in [0.15, 0.2) is 29.2 Å². The Morgan fingerprint density at radius 1 is 1.29 bits per heavy atom. The zero-order valence-corrected chi connectivity index (χ0v) is 12.8.